The standard InChI is InChI=1S/C13H8ClFN2O2/c14-10-7-8(15)1-2-9(10)12-11(3-5-18)17-4-6-19-13(17)16-12/h1-2,4-7H,3H2. The number of halogens is 2. The van der Waals surface area contributed by atoms with Crippen molar-refractivity contribution in [2.75, 3.05) is 0 Å². The summed E-state index contributed by atoms with van der Waals surface area (Å²) in [4.78, 5) is 15.1. The van der Waals surface area contributed by atoms with Crippen LogP contribution in [0, 0.1) is 5.82 Å². The van der Waals surface area contributed by atoms with Crippen LogP contribution in [0.1, 0.15) is 5.69 Å². The second-order valence-electron chi connectivity index (χ2n) is 3.96. The summed E-state index contributed by atoms with van der Waals surface area (Å²) in [5.41, 5.74) is 1.75. The molecule has 4 nitrogen and oxygen atoms in total. The van der Waals surface area contributed by atoms with Gasteiger partial charge >= 0.3 is 5.84 Å². The molecule has 3 aromatic rings. The highest BCUT2D eigenvalue weighted by molar-refractivity contribution is 6.33. The van der Waals surface area contributed by atoms with Crippen LogP contribution in [0.4, 0.5) is 4.39 Å². The normalized spacial score (nSPS) is 11.1. The molecule has 0 bridgehead atoms. The maximum absolute atomic E-state index is 13.1. The molecule has 1 aromatic carbocycles. The number of hydrogen-bond donors (Lipinski definition) is 0. The van der Waals surface area contributed by atoms with Crippen LogP contribution in [0.3, 0.4) is 0 Å². The van der Waals surface area contributed by atoms with Crippen molar-refractivity contribution >= 4 is 23.7 Å². The molecule has 6 heteroatoms. The van der Waals surface area contributed by atoms with E-state index in [2.05, 4.69) is 4.98 Å². The Morgan fingerprint density at radius 1 is 1.47 bits per heavy atom. The third-order valence-corrected chi connectivity index (χ3v) is 3.14. The molecule has 0 amide bonds. The van der Waals surface area contributed by atoms with Gasteiger partial charge in [-0.05, 0) is 18.2 Å². The van der Waals surface area contributed by atoms with Crippen molar-refractivity contribution in [3.8, 4) is 11.3 Å². The van der Waals surface area contributed by atoms with E-state index in [1.807, 2.05) is 0 Å². The highest BCUT2D eigenvalue weighted by Gasteiger charge is 2.17. The lowest BCUT2D eigenvalue weighted by molar-refractivity contribution is -0.107. The zero-order valence-corrected chi connectivity index (χ0v) is 10.4. The molecule has 0 aliphatic carbocycles. The Morgan fingerprint density at radius 3 is 3.05 bits per heavy atom. The monoisotopic (exact) mass is 278 g/mol. The summed E-state index contributed by atoms with van der Waals surface area (Å²) in [6, 6.07) is 4.05. The van der Waals surface area contributed by atoms with Gasteiger partial charge in [-0.1, -0.05) is 11.6 Å². The smallest absolute Gasteiger partial charge is 0.306 e. The molecule has 0 N–H and O–H groups in total. The molecular weight excluding hydrogens is 271 g/mol. The average molecular weight is 279 g/mol. The van der Waals surface area contributed by atoms with Crippen LogP contribution in [0.2, 0.25) is 5.02 Å². The third-order valence-electron chi connectivity index (χ3n) is 2.82. The Morgan fingerprint density at radius 2 is 2.32 bits per heavy atom. The molecule has 0 aliphatic rings. The van der Waals surface area contributed by atoms with E-state index in [0.717, 1.165) is 6.29 Å². The lowest BCUT2D eigenvalue weighted by Gasteiger charge is -2.03. The van der Waals surface area contributed by atoms with Gasteiger partial charge in [-0.15, -0.1) is 0 Å². The van der Waals surface area contributed by atoms with E-state index in [1.54, 1.807) is 10.6 Å². The van der Waals surface area contributed by atoms with Gasteiger partial charge in [-0.3, -0.25) is 4.40 Å². The topological polar surface area (TPSA) is 47.5 Å². The Balaban J connectivity index is 2.25. The van der Waals surface area contributed by atoms with Crippen LogP contribution in [0.5, 0.6) is 0 Å². The fourth-order valence-electron chi connectivity index (χ4n) is 2.00. The fourth-order valence-corrected chi connectivity index (χ4v) is 2.26. The van der Waals surface area contributed by atoms with E-state index in [4.69, 9.17) is 16.0 Å². The van der Waals surface area contributed by atoms with Crippen LogP contribution in [0.15, 0.2) is 35.1 Å². The zero-order valence-electron chi connectivity index (χ0n) is 9.64. The number of oxazole rings is 1. The molecule has 0 atom stereocenters. The summed E-state index contributed by atoms with van der Waals surface area (Å²) in [6.45, 7) is 0. The molecule has 0 radical (unpaired) electrons. The van der Waals surface area contributed by atoms with Crippen molar-refractivity contribution in [3.05, 3.63) is 47.2 Å². The maximum atomic E-state index is 13.1. The van der Waals surface area contributed by atoms with E-state index < -0.39 is 5.82 Å². The third kappa shape index (κ3) is 1.92. The van der Waals surface area contributed by atoms with Gasteiger partial charge in [0.2, 0.25) is 0 Å². The molecule has 0 unspecified atom stereocenters. The number of rotatable bonds is 3. The number of hydrogen-bond acceptors (Lipinski definition) is 3. The number of aromatic nitrogens is 2. The first-order valence-corrected chi connectivity index (χ1v) is 5.92. The summed E-state index contributed by atoms with van der Waals surface area (Å²) in [5.74, 6) is -0.0548. The number of carbonyl (C=O) groups excluding carboxylic acids is 1. The largest absolute Gasteiger partial charge is 0.432 e. The number of benzene rings is 1. The summed E-state index contributed by atoms with van der Waals surface area (Å²) >= 11 is 6.02. The number of aldehydes is 1. The van der Waals surface area contributed by atoms with Crippen molar-refractivity contribution in [2.24, 2.45) is 0 Å². The lowest BCUT2D eigenvalue weighted by atomic mass is 10.1. The molecule has 2 aromatic heterocycles. The number of imidazole rings is 1. The van der Waals surface area contributed by atoms with E-state index in [1.165, 1.54) is 24.5 Å². The second-order valence-corrected chi connectivity index (χ2v) is 4.36. The Bertz CT molecular complexity index is 763. The molecular formula is C13H8ClFN2O2. The second kappa shape index (κ2) is 4.51. The first-order chi connectivity index (χ1) is 9.20. The van der Waals surface area contributed by atoms with Gasteiger partial charge in [-0.25, -0.2) is 4.39 Å². The van der Waals surface area contributed by atoms with Crippen molar-refractivity contribution < 1.29 is 13.6 Å². The lowest BCUT2D eigenvalue weighted by Crippen LogP contribution is -1.94. The molecule has 19 heavy (non-hydrogen) atoms. The van der Waals surface area contributed by atoms with Gasteiger partial charge in [0.25, 0.3) is 0 Å². The molecule has 0 saturated heterocycles. The molecule has 0 spiro atoms. The van der Waals surface area contributed by atoms with Gasteiger partial charge in [0.05, 0.1) is 16.4 Å². The molecule has 0 fully saturated rings. The predicted octanol–water partition coefficient (Wildman–Crippen LogP) is 3.13. The van der Waals surface area contributed by atoms with Crippen LogP contribution in [-0.4, -0.2) is 15.7 Å². The van der Waals surface area contributed by atoms with Crippen LogP contribution in [-0.2, 0) is 11.2 Å². The van der Waals surface area contributed by atoms with Crippen molar-refractivity contribution in [2.45, 2.75) is 6.42 Å². The van der Waals surface area contributed by atoms with Gasteiger partial charge in [0.1, 0.15) is 18.4 Å². The summed E-state index contributed by atoms with van der Waals surface area (Å²) in [7, 11) is 0. The highest BCUT2D eigenvalue weighted by Crippen LogP contribution is 2.31. The van der Waals surface area contributed by atoms with Gasteiger partial charge in [-0.2, -0.15) is 4.98 Å². The molecule has 96 valence electrons. The Hall–Kier alpha value is -2.14. The fraction of sp³-hybridized carbons (Fsp3) is 0.0769. The van der Waals surface area contributed by atoms with Crippen LogP contribution >= 0.6 is 11.6 Å². The van der Waals surface area contributed by atoms with E-state index in [0.29, 0.717) is 22.8 Å². The minimum absolute atomic E-state index is 0.170. The highest BCUT2D eigenvalue weighted by atomic mass is 35.5. The minimum Gasteiger partial charge on any atom is -0.432 e. The Kier molecular flexibility index (Phi) is 2.83. The average Bonchev–Trinajstić information content (AvgIpc) is 2.93. The Labute approximate surface area is 112 Å². The zero-order chi connectivity index (χ0) is 13.4. The summed E-state index contributed by atoms with van der Waals surface area (Å²) < 4.78 is 19.9. The van der Waals surface area contributed by atoms with Crippen LogP contribution < -0.4 is 0 Å². The number of carbonyl (C=O) groups is 1. The van der Waals surface area contributed by atoms with Gasteiger partial charge in [0, 0.05) is 18.2 Å². The first kappa shape index (κ1) is 11.9. The molecule has 0 saturated carbocycles. The molecule has 3 rings (SSSR count). The number of fused-ring (bicyclic) bond motifs is 1. The predicted molar refractivity (Wildman–Crippen MR) is 67.6 cm³/mol. The summed E-state index contributed by atoms with van der Waals surface area (Å²) in [6.07, 6.45) is 4.09. The first-order valence-electron chi connectivity index (χ1n) is 5.54. The summed E-state index contributed by atoms with van der Waals surface area (Å²) in [5, 5.41) is 0.243. The van der Waals surface area contributed by atoms with E-state index in [-0.39, 0.29) is 11.4 Å². The minimum atomic E-state index is -0.423. The maximum Gasteiger partial charge on any atom is 0.306 e. The molecule has 2 heterocycles. The van der Waals surface area contributed by atoms with Crippen molar-refractivity contribution in [1.82, 2.24) is 9.38 Å². The van der Waals surface area contributed by atoms with Crippen molar-refractivity contribution in [1.29, 1.82) is 0 Å². The number of nitrogens with zero attached hydrogens (tertiary/aromatic N) is 2. The van der Waals surface area contributed by atoms with Crippen LogP contribution in [0.25, 0.3) is 17.1 Å². The quantitative estimate of drug-likeness (QED) is 0.692. The van der Waals surface area contributed by atoms with Crippen molar-refractivity contribution in [3.63, 3.8) is 0 Å². The van der Waals surface area contributed by atoms with E-state index in [9.17, 15) is 9.18 Å². The van der Waals surface area contributed by atoms with E-state index >= 15 is 0 Å². The van der Waals surface area contributed by atoms with Gasteiger partial charge in [0.15, 0.2) is 0 Å². The SMILES string of the molecule is O=CCc1c(-c2ccc(F)cc2Cl)nc2occn12. The van der Waals surface area contributed by atoms with Gasteiger partial charge < -0.3 is 9.21 Å². The molecule has 0 aliphatic heterocycles.